The van der Waals surface area contributed by atoms with Crippen molar-refractivity contribution < 1.29 is 14.7 Å². The summed E-state index contributed by atoms with van der Waals surface area (Å²) in [4.78, 5) is 26.0. The van der Waals surface area contributed by atoms with Crippen LogP contribution in [-0.4, -0.2) is 47.1 Å². The van der Waals surface area contributed by atoms with Gasteiger partial charge in [0.05, 0.1) is 11.5 Å². The van der Waals surface area contributed by atoms with Gasteiger partial charge in [-0.2, -0.15) is 0 Å². The molecule has 0 bridgehead atoms. The van der Waals surface area contributed by atoms with Gasteiger partial charge in [0.15, 0.2) is 0 Å². The fraction of sp³-hybridized carbons (Fsp3) is 0.875. The van der Waals surface area contributed by atoms with Crippen LogP contribution in [0.15, 0.2) is 0 Å². The van der Waals surface area contributed by atoms with Gasteiger partial charge in [0, 0.05) is 19.1 Å². The minimum Gasteiger partial charge on any atom is -0.481 e. The predicted octanol–water partition coefficient (Wildman–Crippen LogP) is 1.87. The minimum absolute atomic E-state index is 0.0245. The van der Waals surface area contributed by atoms with Crippen LogP contribution in [0.25, 0.3) is 0 Å². The summed E-state index contributed by atoms with van der Waals surface area (Å²) in [6.45, 7) is 7.27. The smallest absolute Gasteiger partial charge is 0.311 e. The van der Waals surface area contributed by atoms with Gasteiger partial charge < -0.3 is 10.4 Å². The molecular weight excluding hydrogens is 268 g/mol. The van der Waals surface area contributed by atoms with E-state index in [1.165, 1.54) is 0 Å². The van der Waals surface area contributed by atoms with Crippen molar-refractivity contribution >= 4 is 11.9 Å². The number of nitrogens with zero attached hydrogens (tertiary/aromatic N) is 1. The van der Waals surface area contributed by atoms with E-state index >= 15 is 0 Å². The number of carboxylic acids is 1. The van der Waals surface area contributed by atoms with Crippen molar-refractivity contribution in [2.75, 3.05) is 13.1 Å². The standard InChI is InChI=1S/C16H28N2O3/c1-4-6-11(2)17-14(19)12(3)18-9-13-7-5-8-16(13,10-18)15(20)21/h11-13H,4-10H2,1-3H3,(H,17,19)(H,20,21)/t11?,12?,13-,16+/m0/s1. The molecule has 4 atom stereocenters. The van der Waals surface area contributed by atoms with E-state index in [0.29, 0.717) is 6.54 Å². The number of carbonyl (C=O) groups is 2. The van der Waals surface area contributed by atoms with E-state index < -0.39 is 11.4 Å². The average Bonchev–Trinajstić information content (AvgIpc) is 2.95. The third-order valence-corrected chi connectivity index (χ3v) is 5.36. The van der Waals surface area contributed by atoms with Gasteiger partial charge in [-0.3, -0.25) is 14.5 Å². The van der Waals surface area contributed by atoms with Crippen LogP contribution in [0.5, 0.6) is 0 Å². The number of aliphatic carboxylic acids is 1. The van der Waals surface area contributed by atoms with Gasteiger partial charge in [0.25, 0.3) is 0 Å². The Kier molecular flexibility index (Phi) is 4.91. The lowest BCUT2D eigenvalue weighted by molar-refractivity contribution is -0.149. The topological polar surface area (TPSA) is 69.6 Å². The summed E-state index contributed by atoms with van der Waals surface area (Å²) in [5, 5.41) is 12.6. The van der Waals surface area contributed by atoms with E-state index in [4.69, 9.17) is 0 Å². The first-order chi connectivity index (χ1) is 9.90. The highest BCUT2D eigenvalue weighted by molar-refractivity contribution is 5.82. The molecule has 2 N–H and O–H groups in total. The molecule has 1 heterocycles. The number of likely N-dealkylation sites (tertiary alicyclic amines) is 1. The van der Waals surface area contributed by atoms with Crippen LogP contribution in [0, 0.1) is 11.3 Å². The van der Waals surface area contributed by atoms with Gasteiger partial charge in [-0.15, -0.1) is 0 Å². The summed E-state index contributed by atoms with van der Waals surface area (Å²) in [5.74, 6) is -0.450. The zero-order valence-electron chi connectivity index (χ0n) is 13.4. The Balaban J connectivity index is 1.97. The second-order valence-electron chi connectivity index (χ2n) is 6.85. The van der Waals surface area contributed by atoms with Gasteiger partial charge in [-0.1, -0.05) is 19.8 Å². The lowest BCUT2D eigenvalue weighted by atomic mass is 9.81. The molecule has 0 radical (unpaired) electrons. The molecule has 21 heavy (non-hydrogen) atoms. The molecule has 5 heteroatoms. The molecule has 0 aromatic carbocycles. The Bertz CT molecular complexity index is 412. The van der Waals surface area contributed by atoms with Crippen LogP contribution >= 0.6 is 0 Å². The Morgan fingerprint density at radius 3 is 2.71 bits per heavy atom. The van der Waals surface area contributed by atoms with Crippen molar-refractivity contribution in [1.29, 1.82) is 0 Å². The van der Waals surface area contributed by atoms with Crippen LogP contribution in [0.3, 0.4) is 0 Å². The van der Waals surface area contributed by atoms with Crippen LogP contribution in [-0.2, 0) is 9.59 Å². The first kappa shape index (κ1) is 16.3. The molecule has 1 saturated carbocycles. The van der Waals surface area contributed by atoms with Crippen LogP contribution in [0.4, 0.5) is 0 Å². The molecule has 2 rings (SSSR count). The molecule has 2 fully saturated rings. The lowest BCUT2D eigenvalue weighted by Gasteiger charge is -2.27. The maximum Gasteiger partial charge on any atom is 0.311 e. The van der Waals surface area contributed by atoms with E-state index in [1.54, 1.807) is 0 Å². The largest absolute Gasteiger partial charge is 0.481 e. The third-order valence-electron chi connectivity index (χ3n) is 5.36. The Morgan fingerprint density at radius 1 is 1.43 bits per heavy atom. The van der Waals surface area contributed by atoms with Crippen molar-refractivity contribution in [2.45, 2.75) is 65.0 Å². The second-order valence-corrected chi connectivity index (χ2v) is 6.85. The Labute approximate surface area is 127 Å². The number of hydrogen-bond donors (Lipinski definition) is 2. The van der Waals surface area contributed by atoms with Crippen molar-refractivity contribution in [1.82, 2.24) is 10.2 Å². The van der Waals surface area contributed by atoms with Crippen molar-refractivity contribution in [3.8, 4) is 0 Å². The maximum atomic E-state index is 12.3. The number of hydrogen-bond acceptors (Lipinski definition) is 3. The zero-order chi connectivity index (χ0) is 15.6. The fourth-order valence-electron chi connectivity index (χ4n) is 4.01. The molecule has 0 aromatic rings. The molecule has 1 saturated heterocycles. The molecule has 120 valence electrons. The number of rotatable bonds is 6. The summed E-state index contributed by atoms with van der Waals surface area (Å²) in [6.07, 6.45) is 4.75. The first-order valence-electron chi connectivity index (χ1n) is 8.18. The van der Waals surface area contributed by atoms with E-state index in [-0.39, 0.29) is 23.9 Å². The molecule has 1 aliphatic carbocycles. The van der Waals surface area contributed by atoms with Gasteiger partial charge in [0.2, 0.25) is 5.91 Å². The average molecular weight is 296 g/mol. The second kappa shape index (κ2) is 6.34. The van der Waals surface area contributed by atoms with E-state index in [0.717, 1.165) is 38.6 Å². The molecule has 0 aromatic heterocycles. The summed E-state index contributed by atoms with van der Waals surface area (Å²) < 4.78 is 0. The van der Waals surface area contributed by atoms with Crippen LogP contribution in [0.1, 0.15) is 52.9 Å². The molecule has 2 unspecified atom stereocenters. The van der Waals surface area contributed by atoms with Crippen LogP contribution < -0.4 is 5.32 Å². The molecule has 5 nitrogen and oxygen atoms in total. The Morgan fingerprint density at radius 2 is 2.14 bits per heavy atom. The highest BCUT2D eigenvalue weighted by atomic mass is 16.4. The molecular formula is C16H28N2O3. The molecule has 1 amide bonds. The van der Waals surface area contributed by atoms with E-state index in [1.807, 2.05) is 13.8 Å². The van der Waals surface area contributed by atoms with Gasteiger partial charge in [0.1, 0.15) is 0 Å². The summed E-state index contributed by atoms with van der Waals surface area (Å²) in [5.41, 5.74) is -0.608. The number of carbonyl (C=O) groups excluding carboxylic acids is 1. The Hall–Kier alpha value is -1.10. The number of fused-ring (bicyclic) bond motifs is 1. The van der Waals surface area contributed by atoms with Crippen LogP contribution in [0.2, 0.25) is 0 Å². The maximum absolute atomic E-state index is 12.3. The monoisotopic (exact) mass is 296 g/mol. The molecule has 0 spiro atoms. The zero-order valence-corrected chi connectivity index (χ0v) is 13.4. The van der Waals surface area contributed by atoms with E-state index in [9.17, 15) is 14.7 Å². The summed E-state index contributed by atoms with van der Waals surface area (Å²) >= 11 is 0. The highest BCUT2D eigenvalue weighted by Crippen LogP contribution is 2.49. The normalized spacial score (nSPS) is 31.7. The van der Waals surface area contributed by atoms with Crippen molar-refractivity contribution in [2.24, 2.45) is 11.3 Å². The lowest BCUT2D eigenvalue weighted by Crippen LogP contribution is -2.48. The fourth-order valence-corrected chi connectivity index (χ4v) is 4.01. The van der Waals surface area contributed by atoms with Crippen molar-refractivity contribution in [3.05, 3.63) is 0 Å². The third kappa shape index (κ3) is 3.07. The summed E-state index contributed by atoms with van der Waals surface area (Å²) in [6, 6.07) is -0.0633. The number of carboxylic acid groups (broad SMARTS) is 1. The highest BCUT2D eigenvalue weighted by Gasteiger charge is 2.55. The van der Waals surface area contributed by atoms with E-state index in [2.05, 4.69) is 17.1 Å². The van der Waals surface area contributed by atoms with Gasteiger partial charge in [-0.25, -0.2) is 0 Å². The quantitative estimate of drug-likeness (QED) is 0.785. The molecule has 2 aliphatic rings. The van der Waals surface area contributed by atoms with Gasteiger partial charge >= 0.3 is 5.97 Å². The number of amides is 1. The first-order valence-corrected chi connectivity index (χ1v) is 8.18. The SMILES string of the molecule is CCCC(C)NC(=O)C(C)N1C[C@@H]2CCC[C@@]2(C(=O)O)C1. The predicted molar refractivity (Wildman–Crippen MR) is 81.0 cm³/mol. The van der Waals surface area contributed by atoms with Crippen molar-refractivity contribution in [3.63, 3.8) is 0 Å². The summed E-state index contributed by atoms with van der Waals surface area (Å²) in [7, 11) is 0. The van der Waals surface area contributed by atoms with Gasteiger partial charge in [-0.05, 0) is 39.0 Å². The minimum atomic E-state index is -0.681. The molecule has 1 aliphatic heterocycles. The number of nitrogens with one attached hydrogen (secondary N) is 1.